The van der Waals surface area contributed by atoms with Crippen molar-refractivity contribution in [2.24, 2.45) is 10.9 Å². The largest absolute Gasteiger partial charge is 0.493 e. The fourth-order valence-electron chi connectivity index (χ4n) is 3.30. The molecule has 0 aliphatic carbocycles. The molecule has 1 saturated heterocycles. The summed E-state index contributed by atoms with van der Waals surface area (Å²) in [6.45, 7) is 5.40. The number of aryl methyl sites for hydroxylation is 1. The van der Waals surface area contributed by atoms with Gasteiger partial charge in [0.05, 0.1) is 18.1 Å². The summed E-state index contributed by atoms with van der Waals surface area (Å²) >= 11 is 0. The summed E-state index contributed by atoms with van der Waals surface area (Å²) in [5.74, 6) is 1.99. The predicted molar refractivity (Wildman–Crippen MR) is 138 cm³/mol. The van der Waals surface area contributed by atoms with Crippen LogP contribution in [0.25, 0.3) is 0 Å². The van der Waals surface area contributed by atoms with Crippen molar-refractivity contribution in [1.29, 1.82) is 0 Å². The van der Waals surface area contributed by atoms with Gasteiger partial charge in [0, 0.05) is 44.5 Å². The van der Waals surface area contributed by atoms with Gasteiger partial charge in [-0.2, -0.15) is 0 Å². The van der Waals surface area contributed by atoms with Crippen LogP contribution in [0.3, 0.4) is 0 Å². The Balaban J connectivity index is 0.00000363. The van der Waals surface area contributed by atoms with E-state index in [0.29, 0.717) is 36.5 Å². The number of guanidine groups is 1. The van der Waals surface area contributed by atoms with Gasteiger partial charge in [0.15, 0.2) is 15.8 Å². The maximum Gasteiger partial charge on any atom is 0.191 e. The molecule has 2 N–H and O–H groups in total. The standard InChI is InChI=1S/C23H31N3O4S.HI/c1-17-4-7-20(22(12-17)30-16-19-10-11-29-15-19)14-26-23(24-2)25-13-18-5-8-21(9-6-18)31(3,27)28;/h4-9,12,19H,10-11,13-16H2,1-3H3,(H2,24,25,26);1H. The maximum absolute atomic E-state index is 11.6. The van der Waals surface area contributed by atoms with E-state index in [0.717, 1.165) is 42.1 Å². The van der Waals surface area contributed by atoms with Gasteiger partial charge in [-0.15, -0.1) is 24.0 Å². The molecule has 0 aromatic heterocycles. The minimum Gasteiger partial charge on any atom is -0.493 e. The van der Waals surface area contributed by atoms with Crippen molar-refractivity contribution < 1.29 is 17.9 Å². The molecule has 3 rings (SSSR count). The number of hydrogen-bond acceptors (Lipinski definition) is 5. The van der Waals surface area contributed by atoms with E-state index in [1.165, 1.54) is 6.26 Å². The van der Waals surface area contributed by atoms with Crippen molar-refractivity contribution in [1.82, 2.24) is 10.6 Å². The van der Waals surface area contributed by atoms with Crippen LogP contribution in [0.15, 0.2) is 52.4 Å². The lowest BCUT2D eigenvalue weighted by atomic mass is 10.1. The van der Waals surface area contributed by atoms with E-state index in [2.05, 4.69) is 40.7 Å². The first-order valence-corrected chi connectivity index (χ1v) is 12.3. The third-order valence-electron chi connectivity index (χ3n) is 5.20. The quantitative estimate of drug-likeness (QED) is 0.286. The van der Waals surface area contributed by atoms with Crippen molar-refractivity contribution in [2.45, 2.75) is 31.3 Å². The van der Waals surface area contributed by atoms with Crippen LogP contribution in [-0.4, -0.2) is 47.5 Å². The molecular formula is C23H32IN3O4S. The molecule has 7 nitrogen and oxygen atoms in total. The van der Waals surface area contributed by atoms with Gasteiger partial charge in [0.2, 0.25) is 0 Å². The number of benzene rings is 2. The zero-order valence-electron chi connectivity index (χ0n) is 18.8. The molecular weight excluding hydrogens is 541 g/mol. The molecule has 1 heterocycles. The van der Waals surface area contributed by atoms with E-state index >= 15 is 0 Å². The number of sulfone groups is 1. The number of hydrogen-bond donors (Lipinski definition) is 2. The van der Waals surface area contributed by atoms with Crippen LogP contribution in [0.4, 0.5) is 0 Å². The highest BCUT2D eigenvalue weighted by Gasteiger charge is 2.17. The van der Waals surface area contributed by atoms with Crippen LogP contribution in [0.1, 0.15) is 23.1 Å². The molecule has 9 heteroatoms. The lowest BCUT2D eigenvalue weighted by Gasteiger charge is -2.17. The highest BCUT2D eigenvalue weighted by atomic mass is 127. The van der Waals surface area contributed by atoms with Crippen molar-refractivity contribution in [3.63, 3.8) is 0 Å². The Kier molecular flexibility index (Phi) is 10.2. The molecule has 0 bridgehead atoms. The summed E-state index contributed by atoms with van der Waals surface area (Å²) in [5, 5.41) is 6.57. The van der Waals surface area contributed by atoms with Crippen LogP contribution < -0.4 is 15.4 Å². The molecule has 1 unspecified atom stereocenters. The fourth-order valence-corrected chi connectivity index (χ4v) is 3.93. The SMILES string of the molecule is CN=C(NCc1ccc(S(C)(=O)=O)cc1)NCc1ccc(C)cc1OCC1CCOC1.I. The van der Waals surface area contributed by atoms with Gasteiger partial charge in [-0.25, -0.2) is 8.42 Å². The van der Waals surface area contributed by atoms with Gasteiger partial charge in [-0.3, -0.25) is 4.99 Å². The maximum atomic E-state index is 11.6. The Morgan fingerprint density at radius 1 is 1.16 bits per heavy atom. The highest BCUT2D eigenvalue weighted by Crippen LogP contribution is 2.22. The van der Waals surface area contributed by atoms with Crippen molar-refractivity contribution in [3.8, 4) is 5.75 Å². The molecule has 1 aliphatic heterocycles. The zero-order valence-corrected chi connectivity index (χ0v) is 21.9. The van der Waals surface area contributed by atoms with Gasteiger partial charge in [-0.05, 0) is 42.7 Å². The monoisotopic (exact) mass is 573 g/mol. The summed E-state index contributed by atoms with van der Waals surface area (Å²) in [6.07, 6.45) is 2.25. The molecule has 0 amide bonds. The van der Waals surface area contributed by atoms with Crippen molar-refractivity contribution >= 4 is 39.8 Å². The second kappa shape index (κ2) is 12.4. The van der Waals surface area contributed by atoms with Crippen LogP contribution in [0, 0.1) is 12.8 Å². The second-order valence-electron chi connectivity index (χ2n) is 7.85. The zero-order chi connectivity index (χ0) is 22.3. The molecule has 1 atom stereocenters. The molecule has 2 aromatic carbocycles. The van der Waals surface area contributed by atoms with E-state index in [1.807, 2.05) is 0 Å². The first-order valence-electron chi connectivity index (χ1n) is 10.4. The number of aliphatic imine (C=N–C) groups is 1. The third kappa shape index (κ3) is 7.93. The van der Waals surface area contributed by atoms with Gasteiger partial charge < -0.3 is 20.1 Å². The Labute approximate surface area is 207 Å². The fraction of sp³-hybridized carbons (Fsp3) is 0.435. The summed E-state index contributed by atoms with van der Waals surface area (Å²) in [6, 6.07) is 13.0. The summed E-state index contributed by atoms with van der Waals surface area (Å²) in [5.41, 5.74) is 3.18. The normalized spacial score (nSPS) is 16.3. The Morgan fingerprint density at radius 3 is 2.50 bits per heavy atom. The molecule has 32 heavy (non-hydrogen) atoms. The van der Waals surface area contributed by atoms with E-state index in [-0.39, 0.29) is 24.0 Å². The van der Waals surface area contributed by atoms with Crippen LogP contribution in [-0.2, 0) is 27.7 Å². The molecule has 176 valence electrons. The van der Waals surface area contributed by atoms with Crippen LogP contribution in [0.2, 0.25) is 0 Å². The lowest BCUT2D eigenvalue weighted by molar-refractivity contribution is 0.166. The smallest absolute Gasteiger partial charge is 0.191 e. The number of nitrogens with one attached hydrogen (secondary N) is 2. The third-order valence-corrected chi connectivity index (χ3v) is 6.33. The van der Waals surface area contributed by atoms with Gasteiger partial charge in [0.25, 0.3) is 0 Å². The Morgan fingerprint density at radius 2 is 1.88 bits per heavy atom. The highest BCUT2D eigenvalue weighted by molar-refractivity contribution is 14.0. The summed E-state index contributed by atoms with van der Waals surface area (Å²) in [7, 11) is -1.47. The number of halogens is 1. The molecule has 0 saturated carbocycles. The lowest BCUT2D eigenvalue weighted by Crippen LogP contribution is -2.36. The molecule has 1 fully saturated rings. The van der Waals surface area contributed by atoms with E-state index in [4.69, 9.17) is 9.47 Å². The average Bonchev–Trinajstić information content (AvgIpc) is 3.27. The predicted octanol–water partition coefficient (Wildman–Crippen LogP) is 3.30. The first-order chi connectivity index (χ1) is 14.8. The second-order valence-corrected chi connectivity index (χ2v) is 9.86. The average molecular weight is 573 g/mol. The van der Waals surface area contributed by atoms with Gasteiger partial charge in [-0.1, -0.05) is 24.3 Å². The summed E-state index contributed by atoms with van der Waals surface area (Å²) in [4.78, 5) is 4.59. The summed E-state index contributed by atoms with van der Waals surface area (Å²) < 4.78 is 34.7. The Bertz CT molecular complexity index is 1000. The minimum absolute atomic E-state index is 0. The molecule has 0 radical (unpaired) electrons. The molecule has 1 aliphatic rings. The van der Waals surface area contributed by atoms with Crippen molar-refractivity contribution in [2.75, 3.05) is 33.1 Å². The number of nitrogens with zero attached hydrogens (tertiary/aromatic N) is 1. The van der Waals surface area contributed by atoms with E-state index in [9.17, 15) is 8.42 Å². The van der Waals surface area contributed by atoms with E-state index < -0.39 is 9.84 Å². The number of rotatable bonds is 8. The van der Waals surface area contributed by atoms with Crippen LogP contribution >= 0.6 is 24.0 Å². The van der Waals surface area contributed by atoms with Gasteiger partial charge in [0.1, 0.15) is 5.75 Å². The topological polar surface area (TPSA) is 89.0 Å². The van der Waals surface area contributed by atoms with Crippen LogP contribution in [0.5, 0.6) is 5.75 Å². The van der Waals surface area contributed by atoms with Crippen molar-refractivity contribution in [3.05, 3.63) is 59.2 Å². The minimum atomic E-state index is -3.19. The van der Waals surface area contributed by atoms with E-state index in [1.54, 1.807) is 31.3 Å². The Hall–Kier alpha value is -1.85. The molecule has 2 aromatic rings. The van der Waals surface area contributed by atoms with Gasteiger partial charge >= 0.3 is 0 Å². The first kappa shape index (κ1) is 26.4. The molecule has 0 spiro atoms. The number of ether oxygens (including phenoxy) is 2.